The average molecular weight is 1210 g/mol. The maximum atomic E-state index is 13.0. The van der Waals surface area contributed by atoms with Gasteiger partial charge in [0.1, 0.15) is 13.2 Å². The Morgan fingerprint density at radius 2 is 0.718 bits per heavy atom. The van der Waals surface area contributed by atoms with Gasteiger partial charge in [0, 0.05) is 6.42 Å². The second-order valence-corrected chi connectivity index (χ2v) is 26.7. The second kappa shape index (κ2) is 65.6. The summed E-state index contributed by atoms with van der Waals surface area (Å²) >= 11 is 0. The molecule has 0 fully saturated rings. The van der Waals surface area contributed by atoms with Gasteiger partial charge in [-0.15, -0.1) is 0 Å². The summed E-state index contributed by atoms with van der Waals surface area (Å²) in [6, 6.07) is -0.874. The van der Waals surface area contributed by atoms with Crippen LogP contribution in [0.3, 0.4) is 0 Å². The minimum absolute atomic E-state index is 0.0517. The van der Waals surface area contributed by atoms with E-state index in [4.69, 9.17) is 9.05 Å². The highest BCUT2D eigenvalue weighted by atomic mass is 31.2. The van der Waals surface area contributed by atoms with Gasteiger partial charge in [-0.3, -0.25) is 13.8 Å². The van der Waals surface area contributed by atoms with Gasteiger partial charge in [0.15, 0.2) is 0 Å². The minimum Gasteiger partial charge on any atom is -0.387 e. The quantitative estimate of drug-likeness (QED) is 0.0243. The number of aliphatic hydroxyl groups is 1. The average Bonchev–Trinajstić information content (AvgIpc) is 3.48. The molecule has 0 heterocycles. The van der Waals surface area contributed by atoms with Crippen LogP contribution in [0.15, 0.2) is 109 Å². The molecule has 0 aliphatic rings. The molecular formula is C76H138N2O6P+. The van der Waals surface area contributed by atoms with E-state index < -0.39 is 20.0 Å². The van der Waals surface area contributed by atoms with Crippen molar-refractivity contribution in [3.05, 3.63) is 109 Å². The van der Waals surface area contributed by atoms with E-state index in [-0.39, 0.29) is 19.1 Å². The van der Waals surface area contributed by atoms with Crippen LogP contribution in [0.4, 0.5) is 0 Å². The Balaban J connectivity index is 4.01. The molecule has 0 radical (unpaired) electrons. The predicted octanol–water partition coefficient (Wildman–Crippen LogP) is 23.1. The number of aliphatic hydroxyl groups excluding tert-OH is 1. The summed E-state index contributed by atoms with van der Waals surface area (Å²) in [6.07, 6.45) is 96.8. The minimum atomic E-state index is -4.37. The van der Waals surface area contributed by atoms with Crippen molar-refractivity contribution in [3.63, 3.8) is 0 Å². The molecule has 3 atom stereocenters. The van der Waals surface area contributed by atoms with E-state index in [1.165, 1.54) is 212 Å². The number of nitrogens with zero attached hydrogens (tertiary/aromatic N) is 1. The molecular weight excluding hydrogens is 1070 g/mol. The summed E-state index contributed by atoms with van der Waals surface area (Å²) in [6.45, 7) is 4.70. The molecule has 85 heavy (non-hydrogen) atoms. The zero-order chi connectivity index (χ0) is 61.9. The smallest absolute Gasteiger partial charge is 0.387 e. The first-order chi connectivity index (χ1) is 41.5. The van der Waals surface area contributed by atoms with Crippen molar-refractivity contribution < 1.29 is 32.9 Å². The summed E-state index contributed by atoms with van der Waals surface area (Å²) in [5.41, 5.74) is 0. The molecule has 0 spiro atoms. The van der Waals surface area contributed by atoms with Gasteiger partial charge in [0.05, 0.1) is 39.9 Å². The molecule has 0 saturated carbocycles. The van der Waals surface area contributed by atoms with E-state index in [9.17, 15) is 19.4 Å². The van der Waals surface area contributed by atoms with E-state index in [2.05, 4.69) is 116 Å². The normalized spacial score (nSPS) is 14.3. The second-order valence-electron chi connectivity index (χ2n) is 25.2. The van der Waals surface area contributed by atoms with Crippen molar-refractivity contribution in [2.24, 2.45) is 0 Å². The topological polar surface area (TPSA) is 105 Å². The Labute approximate surface area is 527 Å². The number of carbonyl (C=O) groups excluding carboxylic acids is 1. The number of nitrogens with one attached hydrogen (secondary N) is 1. The standard InChI is InChI=1S/C76H137N2O6P/c1-6-8-10-12-14-16-18-20-22-24-26-28-30-31-32-33-34-35-36-37-38-39-40-41-42-43-44-45-46-47-48-50-52-54-56-58-60-62-64-66-68-70-76(80)77-74(73-84-85(81,82)83-72-71-78(3,4)5)75(79)69-67-65-63-61-59-57-55-53-51-49-29-27-25-23-21-19-17-15-13-11-9-7-2/h8,10,14,16,20,22,26,28,31-32,34-35,51,53,59,61,67,69,74-75,79H,6-7,9,11-13,15,17-19,21,23-25,27,29-30,33,36-50,52,54-58,60,62-66,68,70-73H2,1-5H3,(H-,77,80,81,82)/p+1/b10-8-,16-14-,22-20-,28-26-,32-31-,35-34-,53-51+,61-59+,69-67+. The van der Waals surface area contributed by atoms with E-state index in [0.717, 1.165) is 83.5 Å². The van der Waals surface area contributed by atoms with E-state index in [1.807, 2.05) is 27.2 Å². The number of hydrogen-bond donors (Lipinski definition) is 3. The highest BCUT2D eigenvalue weighted by Gasteiger charge is 2.28. The summed E-state index contributed by atoms with van der Waals surface area (Å²) in [5, 5.41) is 14.0. The molecule has 3 unspecified atom stereocenters. The Hall–Kier alpha value is -2.84. The number of amides is 1. The highest BCUT2D eigenvalue weighted by molar-refractivity contribution is 7.47. The Morgan fingerprint density at radius 3 is 1.08 bits per heavy atom. The van der Waals surface area contributed by atoms with Gasteiger partial charge in [-0.05, 0) is 96.3 Å². The predicted molar refractivity (Wildman–Crippen MR) is 373 cm³/mol. The molecule has 0 aliphatic carbocycles. The van der Waals surface area contributed by atoms with Crippen LogP contribution in [0.25, 0.3) is 0 Å². The number of unbranched alkanes of at least 4 members (excludes halogenated alkanes) is 36. The molecule has 0 aromatic rings. The first kappa shape index (κ1) is 82.2. The highest BCUT2D eigenvalue weighted by Crippen LogP contribution is 2.43. The number of allylic oxidation sites excluding steroid dienone is 17. The molecule has 9 heteroatoms. The summed E-state index contributed by atoms with van der Waals surface area (Å²) in [7, 11) is 1.55. The van der Waals surface area contributed by atoms with Crippen molar-refractivity contribution in [2.75, 3.05) is 40.9 Å². The van der Waals surface area contributed by atoms with Crippen LogP contribution in [0.5, 0.6) is 0 Å². The molecule has 0 saturated heterocycles. The van der Waals surface area contributed by atoms with Crippen LogP contribution in [0.1, 0.15) is 316 Å². The number of quaternary nitrogens is 1. The van der Waals surface area contributed by atoms with Gasteiger partial charge in [-0.1, -0.05) is 322 Å². The number of rotatable bonds is 65. The van der Waals surface area contributed by atoms with Gasteiger partial charge in [-0.25, -0.2) is 4.57 Å². The molecule has 3 N–H and O–H groups in total. The van der Waals surface area contributed by atoms with Crippen molar-refractivity contribution in [1.29, 1.82) is 0 Å². The Morgan fingerprint density at radius 1 is 0.412 bits per heavy atom. The van der Waals surface area contributed by atoms with Crippen LogP contribution in [0, 0.1) is 0 Å². The van der Waals surface area contributed by atoms with Crippen LogP contribution in [0.2, 0.25) is 0 Å². The number of phosphoric acid groups is 1. The molecule has 8 nitrogen and oxygen atoms in total. The van der Waals surface area contributed by atoms with Crippen LogP contribution in [-0.4, -0.2) is 73.4 Å². The SMILES string of the molecule is CC/C=C\C/C=C\C/C=C\C/C=C\C/C=C\C/C=C\CCCCCCCCCCCCCCCCCCCCCCCCC(=O)NC(COP(=O)(O)OCC[N+](C)(C)C)C(O)/C=C/CC/C=C/CC/C=C/CCCCCCCCCCCCCC. The number of hydrogen-bond acceptors (Lipinski definition) is 5. The lowest BCUT2D eigenvalue weighted by atomic mass is 10.0. The van der Waals surface area contributed by atoms with Crippen LogP contribution in [-0.2, 0) is 18.4 Å². The van der Waals surface area contributed by atoms with Crippen LogP contribution >= 0.6 is 7.82 Å². The fourth-order valence-electron chi connectivity index (χ4n) is 10.2. The molecule has 0 rings (SSSR count). The number of likely N-dealkylation sites (N-methyl/N-ethyl adjacent to an activating group) is 1. The molecule has 0 aromatic heterocycles. The van der Waals surface area contributed by atoms with Crippen molar-refractivity contribution in [3.8, 4) is 0 Å². The van der Waals surface area contributed by atoms with E-state index in [0.29, 0.717) is 17.4 Å². The number of carbonyl (C=O) groups is 1. The molecule has 1 amide bonds. The van der Waals surface area contributed by atoms with Gasteiger partial charge >= 0.3 is 7.82 Å². The lowest BCUT2D eigenvalue weighted by Crippen LogP contribution is -2.45. The monoisotopic (exact) mass is 1210 g/mol. The fourth-order valence-corrected chi connectivity index (χ4v) is 10.9. The van der Waals surface area contributed by atoms with Crippen LogP contribution < -0.4 is 5.32 Å². The van der Waals surface area contributed by atoms with Crippen molar-refractivity contribution >= 4 is 13.7 Å². The largest absolute Gasteiger partial charge is 0.472 e. The summed E-state index contributed by atoms with van der Waals surface area (Å²) in [5.74, 6) is -0.188. The lowest BCUT2D eigenvalue weighted by Gasteiger charge is -2.25. The third-order valence-corrected chi connectivity index (χ3v) is 16.7. The summed E-state index contributed by atoms with van der Waals surface area (Å²) < 4.78 is 23.8. The van der Waals surface area contributed by atoms with Crippen molar-refractivity contribution in [2.45, 2.75) is 328 Å². The van der Waals surface area contributed by atoms with Gasteiger partial charge in [-0.2, -0.15) is 0 Å². The first-order valence-corrected chi connectivity index (χ1v) is 37.3. The van der Waals surface area contributed by atoms with Gasteiger partial charge in [0.2, 0.25) is 5.91 Å². The van der Waals surface area contributed by atoms with E-state index >= 15 is 0 Å². The van der Waals surface area contributed by atoms with E-state index in [1.54, 1.807) is 6.08 Å². The Kier molecular flexibility index (Phi) is 63.4. The zero-order valence-electron chi connectivity index (χ0n) is 56.3. The molecule has 0 aliphatic heterocycles. The third kappa shape index (κ3) is 68.5. The zero-order valence-corrected chi connectivity index (χ0v) is 57.2. The summed E-state index contributed by atoms with van der Waals surface area (Å²) in [4.78, 5) is 23.4. The third-order valence-electron chi connectivity index (χ3n) is 15.7. The van der Waals surface area contributed by atoms with Gasteiger partial charge in [0.25, 0.3) is 0 Å². The molecule has 492 valence electrons. The fraction of sp³-hybridized carbons (Fsp3) is 0.750. The Bertz CT molecular complexity index is 1760. The maximum Gasteiger partial charge on any atom is 0.472 e. The van der Waals surface area contributed by atoms with Crippen molar-refractivity contribution in [1.82, 2.24) is 5.32 Å². The maximum absolute atomic E-state index is 13.0. The van der Waals surface area contributed by atoms with Gasteiger partial charge < -0.3 is 19.8 Å². The molecule has 0 bridgehead atoms. The first-order valence-electron chi connectivity index (χ1n) is 35.8. The molecule has 0 aromatic carbocycles. The lowest BCUT2D eigenvalue weighted by molar-refractivity contribution is -0.870. The number of phosphoric ester groups is 1.